The van der Waals surface area contributed by atoms with Crippen LogP contribution in [0.2, 0.25) is 0 Å². The number of nitrogens with zero attached hydrogens (tertiary/aromatic N) is 3. The number of aromatic carboxylic acids is 1. The highest BCUT2D eigenvalue weighted by Crippen LogP contribution is 2.24. The number of carboxylic acids is 1. The molecule has 0 unspecified atom stereocenters. The summed E-state index contributed by atoms with van der Waals surface area (Å²) in [6, 6.07) is 1.70. The maximum Gasteiger partial charge on any atom is 0.355 e. The first kappa shape index (κ1) is 9.72. The van der Waals surface area contributed by atoms with Crippen molar-refractivity contribution in [2.45, 2.75) is 6.92 Å². The molecule has 0 radical (unpaired) electrons. The molecule has 0 aliphatic heterocycles. The fraction of sp³-hybridized carbons (Fsp3) is 0.111. The Kier molecular flexibility index (Phi) is 2.42. The third-order valence-corrected chi connectivity index (χ3v) is 2.72. The van der Waals surface area contributed by atoms with E-state index in [0.717, 1.165) is 0 Å². The minimum Gasteiger partial charge on any atom is -0.476 e. The molecule has 0 aliphatic rings. The lowest BCUT2D eigenvalue weighted by molar-refractivity contribution is 0.0690. The van der Waals surface area contributed by atoms with E-state index in [-0.39, 0.29) is 5.69 Å². The van der Waals surface area contributed by atoms with E-state index in [9.17, 15) is 4.79 Å². The second-order valence-electron chi connectivity index (χ2n) is 2.80. The van der Waals surface area contributed by atoms with Crippen LogP contribution in [0.4, 0.5) is 0 Å². The summed E-state index contributed by atoms with van der Waals surface area (Å²) in [4.78, 5) is 23.4. The summed E-state index contributed by atoms with van der Waals surface area (Å²) in [5.74, 6) is -0.566. The van der Waals surface area contributed by atoms with E-state index < -0.39 is 5.97 Å². The van der Waals surface area contributed by atoms with Gasteiger partial charge < -0.3 is 5.11 Å². The highest BCUT2D eigenvalue weighted by Gasteiger charge is 2.15. The van der Waals surface area contributed by atoms with Crippen LogP contribution in [0, 0.1) is 6.92 Å². The molecule has 5 nitrogen and oxygen atoms in total. The van der Waals surface area contributed by atoms with Crippen molar-refractivity contribution < 1.29 is 9.90 Å². The van der Waals surface area contributed by atoms with E-state index in [2.05, 4.69) is 15.0 Å². The average Bonchev–Trinajstić information content (AvgIpc) is 2.62. The first-order chi connectivity index (χ1) is 7.18. The third kappa shape index (κ3) is 1.84. The van der Waals surface area contributed by atoms with Gasteiger partial charge in [-0.05, 0) is 13.0 Å². The number of aromatic nitrogens is 3. The van der Waals surface area contributed by atoms with Crippen molar-refractivity contribution in [1.82, 2.24) is 15.0 Å². The Balaban J connectivity index is 2.48. The molecule has 0 fully saturated rings. The highest BCUT2D eigenvalue weighted by molar-refractivity contribution is 7.15. The minimum atomic E-state index is -1.02. The molecule has 15 heavy (non-hydrogen) atoms. The van der Waals surface area contributed by atoms with Crippen LogP contribution >= 0.6 is 11.3 Å². The number of carboxylic acid groups (broad SMARTS) is 1. The van der Waals surface area contributed by atoms with Crippen LogP contribution in [0.25, 0.3) is 10.8 Å². The standard InChI is InChI=1S/C9H7N3O2S/c1-5-6(9(13)14)12-8(15-5)7-10-3-2-4-11-7/h2-4H,1H3,(H,13,14). The first-order valence-corrected chi connectivity index (χ1v) is 4.98. The number of hydrogen-bond donors (Lipinski definition) is 1. The van der Waals surface area contributed by atoms with Crippen LogP contribution in [0.3, 0.4) is 0 Å². The Hall–Kier alpha value is -1.82. The lowest BCUT2D eigenvalue weighted by Crippen LogP contribution is -1.98. The molecule has 0 saturated carbocycles. The quantitative estimate of drug-likeness (QED) is 0.833. The predicted molar refractivity (Wildman–Crippen MR) is 54.8 cm³/mol. The largest absolute Gasteiger partial charge is 0.476 e. The summed E-state index contributed by atoms with van der Waals surface area (Å²) in [7, 11) is 0. The zero-order valence-corrected chi connectivity index (χ0v) is 8.65. The minimum absolute atomic E-state index is 0.0717. The van der Waals surface area contributed by atoms with Crippen LogP contribution < -0.4 is 0 Å². The molecule has 0 saturated heterocycles. The van der Waals surface area contributed by atoms with Gasteiger partial charge in [0.05, 0.1) is 0 Å². The molecule has 76 valence electrons. The molecular formula is C9H7N3O2S. The van der Waals surface area contributed by atoms with E-state index >= 15 is 0 Å². The van der Waals surface area contributed by atoms with Crippen LogP contribution in [0.1, 0.15) is 15.4 Å². The predicted octanol–water partition coefficient (Wildman–Crippen LogP) is 1.61. The van der Waals surface area contributed by atoms with Crippen molar-refractivity contribution in [3.63, 3.8) is 0 Å². The zero-order valence-electron chi connectivity index (χ0n) is 7.84. The maximum absolute atomic E-state index is 10.8. The highest BCUT2D eigenvalue weighted by atomic mass is 32.1. The lowest BCUT2D eigenvalue weighted by atomic mass is 10.4. The molecule has 2 aromatic heterocycles. The van der Waals surface area contributed by atoms with Gasteiger partial charge in [-0.3, -0.25) is 0 Å². The van der Waals surface area contributed by atoms with Gasteiger partial charge >= 0.3 is 5.97 Å². The summed E-state index contributed by atoms with van der Waals surface area (Å²) in [5.41, 5.74) is 0.0717. The maximum atomic E-state index is 10.8. The summed E-state index contributed by atoms with van der Waals surface area (Å²) in [6.45, 7) is 1.72. The Morgan fingerprint density at radius 2 is 2.07 bits per heavy atom. The molecule has 0 aromatic carbocycles. The molecule has 0 bridgehead atoms. The van der Waals surface area contributed by atoms with E-state index in [1.165, 1.54) is 11.3 Å². The fourth-order valence-corrected chi connectivity index (χ4v) is 1.95. The molecule has 0 atom stereocenters. The molecule has 2 heterocycles. The monoisotopic (exact) mass is 221 g/mol. The molecular weight excluding hydrogens is 214 g/mol. The summed E-state index contributed by atoms with van der Waals surface area (Å²) in [6.07, 6.45) is 3.19. The van der Waals surface area contributed by atoms with Crippen molar-refractivity contribution in [2.75, 3.05) is 0 Å². The second-order valence-corrected chi connectivity index (χ2v) is 4.00. The molecule has 6 heteroatoms. The molecule has 2 rings (SSSR count). The van der Waals surface area contributed by atoms with Gasteiger partial charge in [-0.1, -0.05) is 0 Å². The van der Waals surface area contributed by atoms with E-state index in [0.29, 0.717) is 15.7 Å². The normalized spacial score (nSPS) is 10.2. The number of aryl methyl sites for hydroxylation is 1. The van der Waals surface area contributed by atoms with Crippen LogP contribution in [-0.4, -0.2) is 26.0 Å². The van der Waals surface area contributed by atoms with Crippen molar-refractivity contribution >= 4 is 17.3 Å². The smallest absolute Gasteiger partial charge is 0.355 e. The molecule has 1 N–H and O–H groups in total. The van der Waals surface area contributed by atoms with Crippen molar-refractivity contribution in [2.24, 2.45) is 0 Å². The topological polar surface area (TPSA) is 76.0 Å². The van der Waals surface area contributed by atoms with Gasteiger partial charge in [-0.25, -0.2) is 19.7 Å². The van der Waals surface area contributed by atoms with Gasteiger partial charge in [-0.2, -0.15) is 0 Å². The summed E-state index contributed by atoms with van der Waals surface area (Å²) < 4.78 is 0. The van der Waals surface area contributed by atoms with Gasteiger partial charge in [0.25, 0.3) is 0 Å². The SMILES string of the molecule is Cc1sc(-c2ncccn2)nc1C(=O)O. The van der Waals surface area contributed by atoms with Gasteiger partial charge in [0.15, 0.2) is 16.5 Å². The average molecular weight is 221 g/mol. The Labute approximate surface area is 89.5 Å². The fourth-order valence-electron chi connectivity index (χ4n) is 1.10. The Bertz CT molecular complexity index is 495. The number of hydrogen-bond acceptors (Lipinski definition) is 5. The van der Waals surface area contributed by atoms with Gasteiger partial charge in [0.2, 0.25) is 0 Å². The summed E-state index contributed by atoms with van der Waals surface area (Å²) in [5, 5.41) is 9.36. The van der Waals surface area contributed by atoms with Crippen LogP contribution in [0.15, 0.2) is 18.5 Å². The number of carbonyl (C=O) groups is 1. The molecule has 0 spiro atoms. The van der Waals surface area contributed by atoms with Crippen molar-refractivity contribution in [1.29, 1.82) is 0 Å². The second kappa shape index (κ2) is 3.74. The van der Waals surface area contributed by atoms with Gasteiger partial charge in [-0.15, -0.1) is 11.3 Å². The molecule has 0 amide bonds. The first-order valence-electron chi connectivity index (χ1n) is 4.16. The van der Waals surface area contributed by atoms with E-state index in [4.69, 9.17) is 5.11 Å². The summed E-state index contributed by atoms with van der Waals surface area (Å²) >= 11 is 1.28. The zero-order chi connectivity index (χ0) is 10.8. The Morgan fingerprint density at radius 3 is 2.60 bits per heavy atom. The van der Waals surface area contributed by atoms with Crippen LogP contribution in [-0.2, 0) is 0 Å². The van der Waals surface area contributed by atoms with Gasteiger partial charge in [0, 0.05) is 17.3 Å². The van der Waals surface area contributed by atoms with Crippen molar-refractivity contribution in [3.05, 3.63) is 29.0 Å². The van der Waals surface area contributed by atoms with E-state index in [1.54, 1.807) is 25.4 Å². The van der Waals surface area contributed by atoms with E-state index in [1.807, 2.05) is 0 Å². The number of rotatable bonds is 2. The lowest BCUT2D eigenvalue weighted by Gasteiger charge is -1.90. The van der Waals surface area contributed by atoms with Crippen molar-refractivity contribution in [3.8, 4) is 10.8 Å². The molecule has 2 aromatic rings. The van der Waals surface area contributed by atoms with Crippen LogP contribution in [0.5, 0.6) is 0 Å². The Morgan fingerprint density at radius 1 is 1.40 bits per heavy atom. The van der Waals surface area contributed by atoms with Gasteiger partial charge in [0.1, 0.15) is 0 Å². The third-order valence-electron chi connectivity index (χ3n) is 1.76. The molecule has 0 aliphatic carbocycles. The number of thiazole rings is 1.